The Hall–Kier alpha value is -2.58. The molecule has 0 unspecified atom stereocenters. The van der Waals surface area contributed by atoms with Crippen LogP contribution in [0.3, 0.4) is 0 Å². The fraction of sp³-hybridized carbons (Fsp3) is 0.476. The second-order valence-electron chi connectivity index (χ2n) is 7.15. The molecular weight excluding hydrogens is 408 g/mol. The molecule has 1 aliphatic heterocycles. The number of carbonyl (C=O) groups excluding carboxylic acids is 1. The van der Waals surface area contributed by atoms with E-state index in [1.807, 2.05) is 17.0 Å². The van der Waals surface area contributed by atoms with Crippen molar-refractivity contribution >= 4 is 23.5 Å². The van der Waals surface area contributed by atoms with Crippen LogP contribution in [0.5, 0.6) is 5.75 Å². The lowest BCUT2D eigenvalue weighted by Gasteiger charge is -2.27. The lowest BCUT2D eigenvalue weighted by atomic mass is 10.1. The van der Waals surface area contributed by atoms with Gasteiger partial charge in [-0.05, 0) is 25.5 Å². The number of H-pyrrole nitrogens is 1. The van der Waals surface area contributed by atoms with Crippen molar-refractivity contribution in [2.75, 3.05) is 51.4 Å². The van der Waals surface area contributed by atoms with Gasteiger partial charge in [-0.25, -0.2) is 4.98 Å². The van der Waals surface area contributed by atoms with E-state index in [1.54, 1.807) is 31.0 Å². The lowest BCUT2D eigenvalue weighted by molar-refractivity contribution is -0.130. The molecule has 3 rings (SSSR count). The van der Waals surface area contributed by atoms with Crippen LogP contribution < -0.4 is 15.2 Å². The van der Waals surface area contributed by atoms with Gasteiger partial charge in [0.05, 0.1) is 24.8 Å². The van der Waals surface area contributed by atoms with E-state index >= 15 is 0 Å². The summed E-state index contributed by atoms with van der Waals surface area (Å²) in [6, 6.07) is 7.21. The molecular formula is C21H27ClN4O4. The predicted molar refractivity (Wildman–Crippen MR) is 116 cm³/mol. The van der Waals surface area contributed by atoms with Gasteiger partial charge in [-0.1, -0.05) is 23.7 Å². The molecule has 0 spiro atoms. The van der Waals surface area contributed by atoms with Crippen molar-refractivity contribution in [2.45, 2.75) is 19.8 Å². The van der Waals surface area contributed by atoms with Crippen LogP contribution in [0.2, 0.25) is 5.02 Å². The van der Waals surface area contributed by atoms with Gasteiger partial charge in [0, 0.05) is 37.8 Å². The number of aromatic amines is 1. The number of aryl methyl sites for hydroxylation is 1. The van der Waals surface area contributed by atoms with E-state index in [0.717, 1.165) is 0 Å². The topological polar surface area (TPSA) is 87.8 Å². The molecule has 1 aromatic heterocycles. The van der Waals surface area contributed by atoms with E-state index in [9.17, 15) is 9.59 Å². The molecule has 0 bridgehead atoms. The number of para-hydroxylation sites is 1. The van der Waals surface area contributed by atoms with Crippen molar-refractivity contribution < 1.29 is 14.3 Å². The van der Waals surface area contributed by atoms with Gasteiger partial charge >= 0.3 is 0 Å². The van der Waals surface area contributed by atoms with E-state index in [0.29, 0.717) is 73.9 Å². The van der Waals surface area contributed by atoms with Crippen molar-refractivity contribution in [1.82, 2.24) is 14.9 Å². The highest BCUT2D eigenvalue weighted by Gasteiger charge is 2.17. The smallest absolute Gasteiger partial charge is 0.255 e. The van der Waals surface area contributed by atoms with E-state index in [2.05, 4.69) is 9.97 Å². The summed E-state index contributed by atoms with van der Waals surface area (Å²) in [7, 11) is 1.72. The number of hydrogen-bond acceptors (Lipinski definition) is 6. The number of carbonyl (C=O) groups is 1. The van der Waals surface area contributed by atoms with Gasteiger partial charge in [0.25, 0.3) is 5.56 Å². The number of halogens is 1. The number of benzene rings is 1. The van der Waals surface area contributed by atoms with Crippen molar-refractivity contribution in [3.05, 3.63) is 50.9 Å². The molecule has 8 nitrogen and oxygen atoms in total. The summed E-state index contributed by atoms with van der Waals surface area (Å²) in [5.74, 6) is 1.09. The van der Waals surface area contributed by atoms with Crippen LogP contribution in [-0.4, -0.2) is 67.3 Å². The molecule has 2 heterocycles. The number of anilines is 1. The molecule has 1 saturated heterocycles. The SMILES string of the molecule is Cc1nc(N2CCOCC2)[nH]c(=O)c1CCC(=O)N(C)CCOc1ccccc1Cl. The number of ether oxygens (including phenoxy) is 2. The standard InChI is InChI=1S/C21H27ClN4O4/c1-15-16(20(28)24-21(23-15)26-10-12-29-13-11-26)7-8-19(27)25(2)9-14-30-18-6-4-3-5-17(18)22/h3-6H,7-14H2,1-2H3,(H,23,24,28). The zero-order valence-corrected chi connectivity index (χ0v) is 18.1. The Morgan fingerprint density at radius 2 is 2.07 bits per heavy atom. The van der Waals surface area contributed by atoms with Crippen molar-refractivity contribution in [3.63, 3.8) is 0 Å². The second-order valence-corrected chi connectivity index (χ2v) is 7.55. The Balaban J connectivity index is 1.51. The summed E-state index contributed by atoms with van der Waals surface area (Å²) in [6.45, 7) is 5.19. The number of hydrogen-bond donors (Lipinski definition) is 1. The molecule has 162 valence electrons. The zero-order chi connectivity index (χ0) is 21.5. The van der Waals surface area contributed by atoms with E-state index in [1.165, 1.54) is 0 Å². The lowest BCUT2D eigenvalue weighted by Crippen LogP contribution is -2.38. The number of aromatic nitrogens is 2. The Kier molecular flexibility index (Phi) is 7.70. The zero-order valence-electron chi connectivity index (χ0n) is 17.3. The first kappa shape index (κ1) is 22.1. The first-order valence-electron chi connectivity index (χ1n) is 9.99. The van der Waals surface area contributed by atoms with Crippen molar-refractivity contribution in [2.24, 2.45) is 0 Å². The van der Waals surface area contributed by atoms with Crippen molar-refractivity contribution in [1.29, 1.82) is 0 Å². The van der Waals surface area contributed by atoms with Crippen molar-refractivity contribution in [3.8, 4) is 5.75 Å². The monoisotopic (exact) mass is 434 g/mol. The summed E-state index contributed by atoms with van der Waals surface area (Å²) >= 11 is 6.06. The third-order valence-electron chi connectivity index (χ3n) is 5.06. The second kappa shape index (κ2) is 10.4. The summed E-state index contributed by atoms with van der Waals surface area (Å²) < 4.78 is 11.0. The maximum atomic E-state index is 12.5. The van der Waals surface area contributed by atoms with Crippen LogP contribution >= 0.6 is 11.6 Å². The molecule has 0 radical (unpaired) electrons. The van der Waals surface area contributed by atoms with Crippen LogP contribution in [0, 0.1) is 6.92 Å². The normalized spacial score (nSPS) is 13.9. The van der Waals surface area contributed by atoms with Gasteiger partial charge in [-0.2, -0.15) is 0 Å². The quantitative estimate of drug-likeness (QED) is 0.684. The molecule has 30 heavy (non-hydrogen) atoms. The Morgan fingerprint density at radius 1 is 1.33 bits per heavy atom. The molecule has 9 heteroatoms. The van der Waals surface area contributed by atoms with Gasteiger partial charge in [0.2, 0.25) is 11.9 Å². The molecule has 2 aromatic rings. The highest BCUT2D eigenvalue weighted by atomic mass is 35.5. The van der Waals surface area contributed by atoms with Gasteiger partial charge in [0.15, 0.2) is 0 Å². The minimum absolute atomic E-state index is 0.0613. The van der Waals surface area contributed by atoms with Crippen LogP contribution in [0.1, 0.15) is 17.7 Å². The highest BCUT2D eigenvalue weighted by molar-refractivity contribution is 6.32. The molecule has 0 atom stereocenters. The molecule has 1 aromatic carbocycles. The predicted octanol–water partition coefficient (Wildman–Crippen LogP) is 2.04. The molecule has 1 fully saturated rings. The van der Waals surface area contributed by atoms with Gasteiger partial charge in [-0.15, -0.1) is 0 Å². The van der Waals surface area contributed by atoms with Gasteiger partial charge < -0.3 is 19.3 Å². The first-order chi connectivity index (χ1) is 14.5. The summed E-state index contributed by atoms with van der Waals surface area (Å²) in [5, 5.41) is 0.536. The maximum Gasteiger partial charge on any atom is 0.255 e. The number of nitrogens with zero attached hydrogens (tertiary/aromatic N) is 3. The maximum absolute atomic E-state index is 12.5. The summed E-state index contributed by atoms with van der Waals surface area (Å²) in [5.41, 5.74) is 1.00. The Bertz CT molecular complexity index is 927. The molecule has 1 N–H and O–H groups in total. The fourth-order valence-corrected chi connectivity index (χ4v) is 3.41. The van der Waals surface area contributed by atoms with Crippen LogP contribution in [0.25, 0.3) is 0 Å². The largest absolute Gasteiger partial charge is 0.490 e. The van der Waals surface area contributed by atoms with Crippen LogP contribution in [0.15, 0.2) is 29.1 Å². The van der Waals surface area contributed by atoms with E-state index in [4.69, 9.17) is 21.1 Å². The number of likely N-dealkylation sites (N-methyl/N-ethyl adjacent to an activating group) is 1. The molecule has 0 aliphatic carbocycles. The minimum Gasteiger partial charge on any atom is -0.490 e. The first-order valence-corrected chi connectivity index (χ1v) is 10.4. The molecule has 1 amide bonds. The third kappa shape index (κ3) is 5.73. The Morgan fingerprint density at radius 3 is 2.77 bits per heavy atom. The fourth-order valence-electron chi connectivity index (χ4n) is 3.22. The van der Waals surface area contributed by atoms with Crippen LogP contribution in [0.4, 0.5) is 5.95 Å². The molecule has 1 aliphatic rings. The number of amides is 1. The highest BCUT2D eigenvalue weighted by Crippen LogP contribution is 2.22. The molecule has 0 saturated carbocycles. The number of morpholine rings is 1. The van der Waals surface area contributed by atoms with Crippen LogP contribution in [-0.2, 0) is 16.0 Å². The van der Waals surface area contributed by atoms with Gasteiger partial charge in [0.1, 0.15) is 12.4 Å². The summed E-state index contributed by atoms with van der Waals surface area (Å²) in [6.07, 6.45) is 0.567. The summed E-state index contributed by atoms with van der Waals surface area (Å²) in [4.78, 5) is 36.0. The average Bonchev–Trinajstić information content (AvgIpc) is 2.74. The number of rotatable bonds is 8. The van der Waals surface area contributed by atoms with E-state index < -0.39 is 0 Å². The average molecular weight is 435 g/mol. The Labute approximate surface area is 180 Å². The van der Waals surface area contributed by atoms with E-state index in [-0.39, 0.29) is 17.9 Å². The minimum atomic E-state index is -0.193. The van der Waals surface area contributed by atoms with Gasteiger partial charge in [-0.3, -0.25) is 14.6 Å². The number of nitrogens with one attached hydrogen (secondary N) is 1. The third-order valence-corrected chi connectivity index (χ3v) is 5.37.